The Kier molecular flexibility index (Phi) is 4.45. The standard InChI is InChI=1S/C14H25N3O2/c1-14(13(19)15-2)6-8-17(10-14)12(18)9-11-5-3-4-7-16-11/h11,16H,3-10H2,1-2H3,(H,15,19). The number of carbonyl (C=O) groups excluding carboxylic acids is 2. The molecule has 5 nitrogen and oxygen atoms in total. The number of rotatable bonds is 3. The van der Waals surface area contributed by atoms with Crippen LogP contribution < -0.4 is 10.6 Å². The molecule has 2 saturated heterocycles. The summed E-state index contributed by atoms with van der Waals surface area (Å²) in [5, 5.41) is 6.10. The van der Waals surface area contributed by atoms with Gasteiger partial charge in [-0.3, -0.25) is 9.59 Å². The maximum atomic E-state index is 12.3. The summed E-state index contributed by atoms with van der Waals surface area (Å²) in [6, 6.07) is 0.327. The highest BCUT2D eigenvalue weighted by Crippen LogP contribution is 2.30. The van der Waals surface area contributed by atoms with E-state index < -0.39 is 5.41 Å². The van der Waals surface area contributed by atoms with Crippen LogP contribution in [-0.2, 0) is 9.59 Å². The largest absolute Gasteiger partial charge is 0.359 e. The number of nitrogens with zero attached hydrogens (tertiary/aromatic N) is 1. The smallest absolute Gasteiger partial charge is 0.227 e. The van der Waals surface area contributed by atoms with Crippen molar-refractivity contribution in [3.05, 3.63) is 0 Å². The highest BCUT2D eigenvalue weighted by Gasteiger charge is 2.41. The van der Waals surface area contributed by atoms with Crippen LogP contribution in [0, 0.1) is 5.41 Å². The average Bonchev–Trinajstić information content (AvgIpc) is 2.83. The highest BCUT2D eigenvalue weighted by molar-refractivity contribution is 5.84. The quantitative estimate of drug-likeness (QED) is 0.783. The van der Waals surface area contributed by atoms with E-state index in [9.17, 15) is 9.59 Å². The molecule has 2 unspecified atom stereocenters. The number of nitrogens with one attached hydrogen (secondary N) is 2. The Labute approximate surface area is 115 Å². The fraction of sp³-hybridized carbons (Fsp3) is 0.857. The molecule has 2 rings (SSSR count). The summed E-state index contributed by atoms with van der Waals surface area (Å²) in [6.07, 6.45) is 4.84. The van der Waals surface area contributed by atoms with Gasteiger partial charge in [-0.25, -0.2) is 0 Å². The minimum absolute atomic E-state index is 0.0404. The van der Waals surface area contributed by atoms with Gasteiger partial charge in [-0.15, -0.1) is 0 Å². The van der Waals surface area contributed by atoms with Crippen LogP contribution >= 0.6 is 0 Å². The lowest BCUT2D eigenvalue weighted by Gasteiger charge is -2.26. The molecule has 108 valence electrons. The molecule has 2 aliphatic rings. The molecule has 0 aliphatic carbocycles. The summed E-state index contributed by atoms with van der Waals surface area (Å²) in [7, 11) is 1.66. The van der Waals surface area contributed by atoms with Crippen LogP contribution in [-0.4, -0.2) is 49.4 Å². The summed E-state index contributed by atoms with van der Waals surface area (Å²) in [4.78, 5) is 26.0. The van der Waals surface area contributed by atoms with Crippen molar-refractivity contribution in [2.24, 2.45) is 5.41 Å². The van der Waals surface area contributed by atoms with E-state index in [1.807, 2.05) is 11.8 Å². The minimum Gasteiger partial charge on any atom is -0.359 e. The van der Waals surface area contributed by atoms with Crippen LogP contribution in [0.5, 0.6) is 0 Å². The predicted molar refractivity (Wildman–Crippen MR) is 73.6 cm³/mol. The fourth-order valence-corrected chi connectivity index (χ4v) is 3.10. The molecular formula is C14H25N3O2. The van der Waals surface area contributed by atoms with Gasteiger partial charge in [0.15, 0.2) is 0 Å². The van der Waals surface area contributed by atoms with Crippen molar-refractivity contribution in [1.29, 1.82) is 0 Å². The van der Waals surface area contributed by atoms with E-state index >= 15 is 0 Å². The van der Waals surface area contributed by atoms with Gasteiger partial charge in [0.2, 0.25) is 11.8 Å². The monoisotopic (exact) mass is 267 g/mol. The third-order valence-corrected chi connectivity index (χ3v) is 4.43. The van der Waals surface area contributed by atoms with Crippen molar-refractivity contribution in [1.82, 2.24) is 15.5 Å². The molecule has 5 heteroatoms. The Morgan fingerprint density at radius 3 is 2.84 bits per heavy atom. The molecule has 2 atom stereocenters. The summed E-state index contributed by atoms with van der Waals surface area (Å²) >= 11 is 0. The lowest BCUT2D eigenvalue weighted by Crippen LogP contribution is -2.42. The third kappa shape index (κ3) is 3.26. The molecule has 0 radical (unpaired) electrons. The first-order chi connectivity index (χ1) is 9.05. The van der Waals surface area contributed by atoms with Gasteiger partial charge in [-0.2, -0.15) is 0 Å². The molecule has 2 aliphatic heterocycles. The van der Waals surface area contributed by atoms with Gasteiger partial charge in [0.05, 0.1) is 5.41 Å². The van der Waals surface area contributed by atoms with Gasteiger partial charge in [0.25, 0.3) is 0 Å². The molecule has 2 N–H and O–H groups in total. The normalized spacial score (nSPS) is 31.3. The van der Waals surface area contributed by atoms with E-state index in [1.165, 1.54) is 12.8 Å². The maximum Gasteiger partial charge on any atom is 0.227 e. The highest BCUT2D eigenvalue weighted by atomic mass is 16.2. The van der Waals surface area contributed by atoms with Gasteiger partial charge in [-0.1, -0.05) is 6.42 Å². The number of hydrogen-bond acceptors (Lipinski definition) is 3. The first-order valence-corrected chi connectivity index (χ1v) is 7.28. The van der Waals surface area contributed by atoms with Crippen LogP contribution in [0.3, 0.4) is 0 Å². The number of piperidine rings is 1. The van der Waals surface area contributed by atoms with Crippen molar-refractivity contribution < 1.29 is 9.59 Å². The zero-order chi connectivity index (χ0) is 13.9. The van der Waals surface area contributed by atoms with E-state index in [-0.39, 0.29) is 11.8 Å². The van der Waals surface area contributed by atoms with Gasteiger partial charge in [0.1, 0.15) is 0 Å². The molecule has 2 heterocycles. The molecule has 0 aromatic carbocycles. The van der Waals surface area contributed by atoms with Crippen LogP contribution in [0.2, 0.25) is 0 Å². The number of amides is 2. The minimum atomic E-state index is -0.412. The fourth-order valence-electron chi connectivity index (χ4n) is 3.10. The first kappa shape index (κ1) is 14.3. The Balaban J connectivity index is 1.86. The van der Waals surface area contributed by atoms with Gasteiger partial charge in [0, 0.05) is 32.6 Å². The molecule has 0 saturated carbocycles. The molecular weight excluding hydrogens is 242 g/mol. The van der Waals surface area contributed by atoms with Crippen molar-refractivity contribution in [2.45, 2.75) is 45.1 Å². The second-order valence-corrected chi connectivity index (χ2v) is 6.06. The van der Waals surface area contributed by atoms with E-state index in [0.717, 1.165) is 19.4 Å². The second-order valence-electron chi connectivity index (χ2n) is 6.06. The zero-order valence-electron chi connectivity index (χ0n) is 12.0. The van der Waals surface area contributed by atoms with Gasteiger partial charge >= 0.3 is 0 Å². The molecule has 2 fully saturated rings. The molecule has 0 aromatic heterocycles. The van der Waals surface area contributed by atoms with Crippen LogP contribution in [0.4, 0.5) is 0 Å². The lowest BCUT2D eigenvalue weighted by atomic mass is 9.89. The molecule has 2 amide bonds. The SMILES string of the molecule is CNC(=O)C1(C)CCN(C(=O)CC2CCCCN2)C1. The van der Waals surface area contributed by atoms with E-state index in [2.05, 4.69) is 10.6 Å². The lowest BCUT2D eigenvalue weighted by molar-refractivity contribution is -0.133. The number of likely N-dealkylation sites (tertiary alicyclic amines) is 1. The van der Waals surface area contributed by atoms with Crippen molar-refractivity contribution in [3.63, 3.8) is 0 Å². The summed E-state index contributed by atoms with van der Waals surface area (Å²) in [6.45, 7) is 4.22. The van der Waals surface area contributed by atoms with Crippen molar-refractivity contribution in [2.75, 3.05) is 26.7 Å². The number of carbonyl (C=O) groups is 2. The molecule has 0 bridgehead atoms. The summed E-state index contributed by atoms with van der Waals surface area (Å²) in [5.41, 5.74) is -0.412. The Morgan fingerprint density at radius 1 is 1.42 bits per heavy atom. The van der Waals surface area contributed by atoms with Crippen LogP contribution in [0.1, 0.15) is 39.0 Å². The number of hydrogen-bond donors (Lipinski definition) is 2. The zero-order valence-corrected chi connectivity index (χ0v) is 12.0. The third-order valence-electron chi connectivity index (χ3n) is 4.43. The van der Waals surface area contributed by atoms with E-state index in [1.54, 1.807) is 7.05 Å². The van der Waals surface area contributed by atoms with Crippen molar-refractivity contribution >= 4 is 11.8 Å². The summed E-state index contributed by atoms with van der Waals surface area (Å²) in [5.74, 6) is 0.227. The predicted octanol–water partition coefficient (Wildman–Crippen LogP) is 0.503. The van der Waals surface area contributed by atoms with Crippen molar-refractivity contribution in [3.8, 4) is 0 Å². The second kappa shape index (κ2) is 5.90. The molecule has 19 heavy (non-hydrogen) atoms. The Bertz CT molecular complexity index is 353. The maximum absolute atomic E-state index is 12.3. The average molecular weight is 267 g/mol. The van der Waals surface area contributed by atoms with Crippen LogP contribution in [0.15, 0.2) is 0 Å². The first-order valence-electron chi connectivity index (χ1n) is 7.28. The van der Waals surface area contributed by atoms with Gasteiger partial charge in [-0.05, 0) is 32.7 Å². The van der Waals surface area contributed by atoms with Gasteiger partial charge < -0.3 is 15.5 Å². The molecule has 0 aromatic rings. The Morgan fingerprint density at radius 2 is 2.21 bits per heavy atom. The Hall–Kier alpha value is -1.10. The van der Waals surface area contributed by atoms with E-state index in [0.29, 0.717) is 25.6 Å². The van der Waals surface area contributed by atoms with E-state index in [4.69, 9.17) is 0 Å². The molecule has 0 spiro atoms. The van der Waals surface area contributed by atoms with Crippen LogP contribution in [0.25, 0.3) is 0 Å². The topological polar surface area (TPSA) is 61.4 Å². The summed E-state index contributed by atoms with van der Waals surface area (Å²) < 4.78 is 0.